The van der Waals surface area contributed by atoms with Gasteiger partial charge in [-0.2, -0.15) is 0 Å². The molecule has 0 fully saturated rings. The van der Waals surface area contributed by atoms with Crippen LogP contribution in [0.25, 0.3) is 0 Å². The molecule has 96 valence electrons. The molecule has 0 radical (unpaired) electrons. The second-order valence-electron chi connectivity index (χ2n) is 4.14. The van der Waals surface area contributed by atoms with E-state index in [4.69, 9.17) is 4.74 Å². The molecule has 0 saturated heterocycles. The molecule has 1 N–H and O–H groups in total. The van der Waals surface area contributed by atoms with Crippen LogP contribution < -0.4 is 4.74 Å². The molecular formula is C13H15FN2O2. The van der Waals surface area contributed by atoms with Crippen molar-refractivity contribution in [2.45, 2.75) is 19.6 Å². The fourth-order valence-electron chi connectivity index (χ4n) is 1.65. The maximum Gasteiger partial charge on any atom is 0.130 e. The molecule has 1 atom stereocenters. The van der Waals surface area contributed by atoms with Gasteiger partial charge in [0.05, 0.1) is 24.3 Å². The average Bonchev–Trinajstić information content (AvgIpc) is 2.73. The number of rotatable bonds is 4. The number of hydrogen-bond acceptors (Lipinski definition) is 3. The molecule has 1 heterocycles. The van der Waals surface area contributed by atoms with Gasteiger partial charge in [-0.3, -0.25) is 0 Å². The van der Waals surface area contributed by atoms with Crippen molar-refractivity contribution in [1.82, 2.24) is 9.55 Å². The number of hydrogen-bond donors (Lipinski definition) is 1. The highest BCUT2D eigenvalue weighted by Gasteiger charge is 2.11. The fourth-order valence-corrected chi connectivity index (χ4v) is 1.65. The first-order chi connectivity index (χ1) is 8.58. The molecule has 0 aliphatic heterocycles. The van der Waals surface area contributed by atoms with Crippen LogP contribution in [-0.4, -0.2) is 14.7 Å². The van der Waals surface area contributed by atoms with Gasteiger partial charge < -0.3 is 14.4 Å². The van der Waals surface area contributed by atoms with Gasteiger partial charge in [-0.15, -0.1) is 0 Å². The first-order valence-corrected chi connectivity index (χ1v) is 5.63. The van der Waals surface area contributed by atoms with Crippen molar-refractivity contribution in [3.8, 4) is 5.75 Å². The van der Waals surface area contributed by atoms with Crippen molar-refractivity contribution < 1.29 is 14.2 Å². The monoisotopic (exact) mass is 250 g/mol. The zero-order valence-electron chi connectivity index (χ0n) is 10.3. The van der Waals surface area contributed by atoms with Crippen molar-refractivity contribution in [1.29, 1.82) is 0 Å². The highest BCUT2D eigenvalue weighted by molar-refractivity contribution is 5.35. The van der Waals surface area contributed by atoms with E-state index in [9.17, 15) is 9.50 Å². The summed E-state index contributed by atoms with van der Waals surface area (Å²) < 4.78 is 20.5. The first-order valence-electron chi connectivity index (χ1n) is 5.63. The third-order valence-corrected chi connectivity index (χ3v) is 2.71. The Balaban J connectivity index is 2.16. The van der Waals surface area contributed by atoms with E-state index < -0.39 is 11.9 Å². The number of halogens is 1. The lowest BCUT2D eigenvalue weighted by molar-refractivity contribution is 0.189. The number of aryl methyl sites for hydroxylation is 1. The smallest absolute Gasteiger partial charge is 0.130 e. The van der Waals surface area contributed by atoms with Gasteiger partial charge in [-0.25, -0.2) is 9.37 Å². The summed E-state index contributed by atoms with van der Waals surface area (Å²) in [5.74, 6) is 0.0892. The third-order valence-electron chi connectivity index (χ3n) is 2.71. The van der Waals surface area contributed by atoms with E-state index in [1.54, 1.807) is 19.4 Å². The summed E-state index contributed by atoms with van der Waals surface area (Å²) >= 11 is 0. The quantitative estimate of drug-likeness (QED) is 0.904. The molecule has 1 aromatic carbocycles. The van der Waals surface area contributed by atoms with E-state index in [2.05, 4.69) is 4.98 Å². The highest BCUT2D eigenvalue weighted by Crippen LogP contribution is 2.26. The van der Waals surface area contributed by atoms with Crippen LogP contribution >= 0.6 is 0 Å². The summed E-state index contributed by atoms with van der Waals surface area (Å²) in [6.07, 6.45) is 2.60. The maximum absolute atomic E-state index is 13.1. The van der Waals surface area contributed by atoms with Crippen LogP contribution in [0, 0.1) is 5.82 Å². The minimum absolute atomic E-state index is 0.321. The Bertz CT molecular complexity index is 538. The molecule has 0 spiro atoms. The Labute approximate surface area is 105 Å². The molecule has 18 heavy (non-hydrogen) atoms. The van der Waals surface area contributed by atoms with Gasteiger partial charge in [0.1, 0.15) is 18.2 Å². The summed E-state index contributed by atoms with van der Waals surface area (Å²) in [7, 11) is 1.87. The van der Waals surface area contributed by atoms with E-state index >= 15 is 0 Å². The molecule has 5 heteroatoms. The van der Waals surface area contributed by atoms with Crippen molar-refractivity contribution >= 4 is 0 Å². The van der Waals surface area contributed by atoms with Gasteiger partial charge in [-0.1, -0.05) is 0 Å². The predicted molar refractivity (Wildman–Crippen MR) is 64.6 cm³/mol. The lowest BCUT2D eigenvalue weighted by Crippen LogP contribution is -2.04. The normalized spacial score (nSPS) is 12.4. The van der Waals surface area contributed by atoms with Crippen molar-refractivity contribution in [3.63, 3.8) is 0 Å². The molecule has 2 rings (SSSR count). The second-order valence-corrected chi connectivity index (χ2v) is 4.14. The van der Waals surface area contributed by atoms with E-state index in [-0.39, 0.29) is 0 Å². The lowest BCUT2D eigenvalue weighted by Gasteiger charge is -2.13. The zero-order valence-corrected chi connectivity index (χ0v) is 10.3. The van der Waals surface area contributed by atoms with E-state index in [0.29, 0.717) is 17.9 Å². The standard InChI is InChI=1S/C13H15FN2O2/c1-9(17)12-5-10(14)3-4-13(12)18-7-11-6-15-8-16(11)2/h3-6,8-9,17H,7H2,1-2H3/t9-/m1/s1. The van der Waals surface area contributed by atoms with E-state index in [1.807, 2.05) is 11.6 Å². The molecule has 0 aliphatic rings. The molecule has 0 unspecified atom stereocenters. The van der Waals surface area contributed by atoms with Gasteiger partial charge in [-0.05, 0) is 25.1 Å². The van der Waals surface area contributed by atoms with Crippen LogP contribution in [0.4, 0.5) is 4.39 Å². The molecule has 2 aromatic rings. The summed E-state index contributed by atoms with van der Waals surface area (Å²) in [5.41, 5.74) is 1.34. The Kier molecular flexibility index (Phi) is 3.62. The largest absolute Gasteiger partial charge is 0.487 e. The third kappa shape index (κ3) is 2.68. The van der Waals surface area contributed by atoms with E-state index in [0.717, 1.165) is 5.69 Å². The summed E-state index contributed by atoms with van der Waals surface area (Å²) in [5, 5.41) is 9.58. The number of aliphatic hydroxyl groups is 1. The molecule has 0 bridgehead atoms. The minimum atomic E-state index is -0.776. The van der Waals surface area contributed by atoms with Crippen molar-refractivity contribution in [2.24, 2.45) is 7.05 Å². The number of aliphatic hydroxyl groups excluding tert-OH is 1. The van der Waals surface area contributed by atoms with Gasteiger partial charge in [0, 0.05) is 12.6 Å². The van der Waals surface area contributed by atoms with Crippen LogP contribution in [-0.2, 0) is 13.7 Å². The number of imidazole rings is 1. The molecule has 4 nitrogen and oxygen atoms in total. The van der Waals surface area contributed by atoms with Crippen LogP contribution in [0.5, 0.6) is 5.75 Å². The fraction of sp³-hybridized carbons (Fsp3) is 0.308. The Morgan fingerprint density at radius 1 is 1.50 bits per heavy atom. The van der Waals surface area contributed by atoms with Crippen LogP contribution in [0.1, 0.15) is 24.3 Å². The Morgan fingerprint density at radius 3 is 2.89 bits per heavy atom. The first kappa shape index (κ1) is 12.6. The van der Waals surface area contributed by atoms with Gasteiger partial charge in [0.15, 0.2) is 0 Å². The van der Waals surface area contributed by atoms with Crippen LogP contribution in [0.15, 0.2) is 30.7 Å². The maximum atomic E-state index is 13.1. The SMILES string of the molecule is C[C@@H](O)c1cc(F)ccc1OCc1cncn1C. The van der Waals surface area contributed by atoms with Gasteiger partial charge in [0.25, 0.3) is 0 Å². The number of nitrogens with zero attached hydrogens (tertiary/aromatic N) is 2. The number of ether oxygens (including phenoxy) is 1. The molecule has 0 saturated carbocycles. The van der Waals surface area contributed by atoms with Crippen molar-refractivity contribution in [2.75, 3.05) is 0 Å². The zero-order chi connectivity index (χ0) is 13.1. The van der Waals surface area contributed by atoms with Crippen LogP contribution in [0.3, 0.4) is 0 Å². The topological polar surface area (TPSA) is 47.3 Å². The van der Waals surface area contributed by atoms with Gasteiger partial charge >= 0.3 is 0 Å². The number of benzene rings is 1. The highest BCUT2D eigenvalue weighted by atomic mass is 19.1. The lowest BCUT2D eigenvalue weighted by atomic mass is 10.1. The molecular weight excluding hydrogens is 235 g/mol. The summed E-state index contributed by atoms with van der Waals surface area (Å²) in [4.78, 5) is 3.98. The summed E-state index contributed by atoms with van der Waals surface area (Å²) in [6.45, 7) is 1.90. The summed E-state index contributed by atoms with van der Waals surface area (Å²) in [6, 6.07) is 4.11. The predicted octanol–water partition coefficient (Wildman–Crippen LogP) is 2.19. The van der Waals surface area contributed by atoms with Gasteiger partial charge in [0.2, 0.25) is 0 Å². The van der Waals surface area contributed by atoms with E-state index in [1.165, 1.54) is 18.2 Å². The molecule has 0 amide bonds. The minimum Gasteiger partial charge on any atom is -0.487 e. The molecule has 1 aromatic heterocycles. The Hall–Kier alpha value is -1.88. The van der Waals surface area contributed by atoms with Crippen LogP contribution in [0.2, 0.25) is 0 Å². The molecule has 0 aliphatic carbocycles. The Morgan fingerprint density at radius 2 is 2.28 bits per heavy atom. The number of aromatic nitrogens is 2. The average molecular weight is 250 g/mol. The van der Waals surface area contributed by atoms with Crippen molar-refractivity contribution in [3.05, 3.63) is 47.8 Å². The second kappa shape index (κ2) is 5.18.